The molecular formula is C23H17ClN4OS. The highest BCUT2D eigenvalue weighted by Crippen LogP contribution is 2.31. The van der Waals surface area contributed by atoms with E-state index in [-0.39, 0.29) is 12.3 Å². The fourth-order valence-electron chi connectivity index (χ4n) is 3.53. The van der Waals surface area contributed by atoms with Crippen molar-refractivity contribution in [1.82, 2.24) is 14.8 Å². The highest BCUT2D eigenvalue weighted by Gasteiger charge is 2.16. The van der Waals surface area contributed by atoms with Gasteiger partial charge in [0.25, 0.3) is 0 Å². The summed E-state index contributed by atoms with van der Waals surface area (Å²) in [6.45, 7) is 1.89. The SMILES string of the molecule is Cc1cc(NC(=O)Cc2cccc3ccccc23)n(-c2nc3c(Cl)cccc3s2)n1. The Balaban J connectivity index is 1.45. The smallest absolute Gasteiger partial charge is 0.229 e. The van der Waals surface area contributed by atoms with Gasteiger partial charge in [0.05, 0.1) is 21.8 Å². The van der Waals surface area contributed by atoms with Gasteiger partial charge in [0.15, 0.2) is 0 Å². The first-order valence-corrected chi connectivity index (χ1v) is 10.7. The first-order chi connectivity index (χ1) is 14.6. The Bertz CT molecular complexity index is 1400. The molecule has 0 fully saturated rings. The average Bonchev–Trinajstić information content (AvgIpc) is 3.32. The molecule has 148 valence electrons. The molecule has 5 rings (SSSR count). The van der Waals surface area contributed by atoms with Crippen molar-refractivity contribution in [2.45, 2.75) is 13.3 Å². The summed E-state index contributed by atoms with van der Waals surface area (Å²) in [6, 6.07) is 21.6. The van der Waals surface area contributed by atoms with Crippen molar-refractivity contribution < 1.29 is 4.79 Å². The standard InChI is InChI=1S/C23H17ClN4OS/c1-14-12-20(28(27-14)23-26-22-18(24)10-5-11-19(22)30-23)25-21(29)13-16-8-4-7-15-6-2-3-9-17(15)16/h2-12H,13H2,1H3,(H,25,29). The molecule has 0 aliphatic rings. The molecule has 0 aliphatic heterocycles. The van der Waals surface area contributed by atoms with Crippen molar-refractivity contribution in [2.75, 3.05) is 5.32 Å². The maximum Gasteiger partial charge on any atom is 0.229 e. The summed E-state index contributed by atoms with van der Waals surface area (Å²) in [4.78, 5) is 17.5. The van der Waals surface area contributed by atoms with Crippen molar-refractivity contribution >= 4 is 55.7 Å². The minimum atomic E-state index is -0.105. The summed E-state index contributed by atoms with van der Waals surface area (Å²) in [7, 11) is 0. The molecule has 5 aromatic rings. The average molecular weight is 433 g/mol. The summed E-state index contributed by atoms with van der Waals surface area (Å²) in [5.41, 5.74) is 2.52. The quantitative estimate of drug-likeness (QED) is 0.391. The van der Waals surface area contributed by atoms with Crippen molar-refractivity contribution in [2.24, 2.45) is 0 Å². The molecule has 2 heterocycles. The number of aromatic nitrogens is 3. The fourth-order valence-corrected chi connectivity index (χ4v) is 4.77. The molecule has 5 nitrogen and oxygen atoms in total. The number of para-hydroxylation sites is 1. The molecule has 0 saturated carbocycles. The maximum atomic E-state index is 12.9. The van der Waals surface area contributed by atoms with Gasteiger partial charge in [-0.05, 0) is 35.4 Å². The predicted octanol–water partition coefficient (Wildman–Crippen LogP) is 5.78. The lowest BCUT2D eigenvalue weighted by molar-refractivity contribution is -0.115. The van der Waals surface area contributed by atoms with Crippen LogP contribution in [-0.2, 0) is 11.2 Å². The summed E-state index contributed by atoms with van der Waals surface area (Å²) < 4.78 is 2.64. The number of nitrogens with zero attached hydrogens (tertiary/aromatic N) is 3. The van der Waals surface area contributed by atoms with E-state index in [0.717, 1.165) is 32.2 Å². The second-order valence-electron chi connectivity index (χ2n) is 7.03. The fraction of sp³-hybridized carbons (Fsp3) is 0.0870. The van der Waals surface area contributed by atoms with E-state index in [0.29, 0.717) is 16.0 Å². The second-order valence-corrected chi connectivity index (χ2v) is 8.45. The van der Waals surface area contributed by atoms with Crippen LogP contribution in [0.5, 0.6) is 0 Å². The van der Waals surface area contributed by atoms with E-state index in [2.05, 4.69) is 15.4 Å². The van der Waals surface area contributed by atoms with Crippen LogP contribution < -0.4 is 5.32 Å². The lowest BCUT2D eigenvalue weighted by Crippen LogP contribution is -2.17. The number of anilines is 1. The van der Waals surface area contributed by atoms with E-state index in [1.807, 2.05) is 73.7 Å². The normalized spacial score (nSPS) is 11.3. The predicted molar refractivity (Wildman–Crippen MR) is 123 cm³/mol. The van der Waals surface area contributed by atoms with E-state index < -0.39 is 0 Å². The summed E-state index contributed by atoms with van der Waals surface area (Å²) in [5, 5.41) is 11.0. The number of nitrogens with one attached hydrogen (secondary N) is 1. The van der Waals surface area contributed by atoms with Crippen molar-refractivity contribution in [3.63, 3.8) is 0 Å². The van der Waals surface area contributed by atoms with Gasteiger partial charge in [0.1, 0.15) is 11.3 Å². The van der Waals surface area contributed by atoms with Crippen molar-refractivity contribution in [3.8, 4) is 5.13 Å². The zero-order valence-electron chi connectivity index (χ0n) is 16.1. The van der Waals surface area contributed by atoms with Crippen LogP contribution in [0.4, 0.5) is 5.82 Å². The molecule has 3 aromatic carbocycles. The van der Waals surface area contributed by atoms with Gasteiger partial charge in [0, 0.05) is 6.07 Å². The van der Waals surface area contributed by atoms with Gasteiger partial charge in [-0.1, -0.05) is 71.5 Å². The van der Waals surface area contributed by atoms with E-state index in [9.17, 15) is 4.79 Å². The van der Waals surface area contributed by atoms with Crippen molar-refractivity contribution in [3.05, 3.63) is 83.0 Å². The van der Waals surface area contributed by atoms with Crippen LogP contribution in [0.1, 0.15) is 11.3 Å². The first-order valence-electron chi connectivity index (χ1n) is 9.47. The monoisotopic (exact) mass is 432 g/mol. The Morgan fingerprint density at radius 2 is 1.90 bits per heavy atom. The molecule has 7 heteroatoms. The minimum Gasteiger partial charge on any atom is -0.310 e. The summed E-state index contributed by atoms with van der Waals surface area (Å²) in [6.07, 6.45) is 0.275. The molecule has 0 aliphatic carbocycles. The van der Waals surface area contributed by atoms with Crippen LogP contribution in [0.3, 0.4) is 0 Å². The number of aryl methyl sites for hydroxylation is 1. The van der Waals surface area contributed by atoms with E-state index in [4.69, 9.17) is 11.6 Å². The Labute approximate surface area is 181 Å². The van der Waals surface area contributed by atoms with Crippen LogP contribution >= 0.6 is 22.9 Å². The number of benzene rings is 3. The molecular weight excluding hydrogens is 416 g/mol. The first kappa shape index (κ1) is 18.8. The van der Waals surface area contributed by atoms with Crippen LogP contribution in [0.15, 0.2) is 66.7 Å². The lowest BCUT2D eigenvalue weighted by Gasteiger charge is -2.08. The number of carbonyl (C=O) groups is 1. The Kier molecular flexibility index (Phi) is 4.73. The Hall–Kier alpha value is -3.22. The summed E-state index contributed by atoms with van der Waals surface area (Å²) >= 11 is 7.75. The molecule has 2 aromatic heterocycles. The number of hydrogen-bond donors (Lipinski definition) is 1. The van der Waals surface area contributed by atoms with Gasteiger partial charge < -0.3 is 5.32 Å². The Morgan fingerprint density at radius 1 is 1.10 bits per heavy atom. The Morgan fingerprint density at radius 3 is 2.77 bits per heavy atom. The zero-order chi connectivity index (χ0) is 20.7. The molecule has 0 spiro atoms. The van der Waals surface area contributed by atoms with Gasteiger partial charge in [-0.3, -0.25) is 4.79 Å². The third kappa shape index (κ3) is 3.44. The number of amides is 1. The number of carbonyl (C=O) groups excluding carboxylic acids is 1. The third-order valence-electron chi connectivity index (χ3n) is 4.87. The molecule has 0 radical (unpaired) electrons. The van der Waals surface area contributed by atoms with Gasteiger partial charge in [-0.25, -0.2) is 4.98 Å². The maximum absolute atomic E-state index is 12.9. The second kappa shape index (κ2) is 7.55. The number of thiazole rings is 1. The van der Waals surface area contributed by atoms with E-state index in [1.165, 1.54) is 11.3 Å². The number of halogens is 1. The largest absolute Gasteiger partial charge is 0.310 e. The zero-order valence-corrected chi connectivity index (χ0v) is 17.7. The van der Waals surface area contributed by atoms with Crippen molar-refractivity contribution in [1.29, 1.82) is 0 Å². The van der Waals surface area contributed by atoms with Gasteiger partial charge in [-0.2, -0.15) is 9.78 Å². The lowest BCUT2D eigenvalue weighted by atomic mass is 10.0. The van der Waals surface area contributed by atoms with E-state index >= 15 is 0 Å². The van der Waals surface area contributed by atoms with Crippen LogP contribution in [-0.4, -0.2) is 20.7 Å². The molecule has 0 unspecified atom stereocenters. The molecule has 30 heavy (non-hydrogen) atoms. The number of hydrogen-bond acceptors (Lipinski definition) is 4. The summed E-state index contributed by atoms with van der Waals surface area (Å²) in [5.74, 6) is 0.486. The highest BCUT2D eigenvalue weighted by molar-refractivity contribution is 7.20. The number of fused-ring (bicyclic) bond motifs is 2. The molecule has 0 bridgehead atoms. The van der Waals surface area contributed by atoms with Crippen LogP contribution in [0, 0.1) is 6.92 Å². The van der Waals surface area contributed by atoms with Crippen LogP contribution in [0.25, 0.3) is 26.1 Å². The van der Waals surface area contributed by atoms with Crippen LogP contribution in [0.2, 0.25) is 5.02 Å². The molecule has 0 saturated heterocycles. The molecule has 1 amide bonds. The number of rotatable bonds is 4. The van der Waals surface area contributed by atoms with Gasteiger partial charge in [-0.15, -0.1) is 0 Å². The minimum absolute atomic E-state index is 0.105. The van der Waals surface area contributed by atoms with Gasteiger partial charge in [0.2, 0.25) is 11.0 Å². The van der Waals surface area contributed by atoms with Gasteiger partial charge >= 0.3 is 0 Å². The molecule has 0 atom stereocenters. The van der Waals surface area contributed by atoms with E-state index in [1.54, 1.807) is 4.68 Å². The highest BCUT2D eigenvalue weighted by atomic mass is 35.5. The molecule has 1 N–H and O–H groups in total. The topological polar surface area (TPSA) is 59.8 Å². The third-order valence-corrected chi connectivity index (χ3v) is 6.17.